The number of nitrogens with two attached hydrogens (primary N) is 1. The molecule has 0 radical (unpaired) electrons. The van der Waals surface area contributed by atoms with Crippen molar-refractivity contribution in [1.82, 2.24) is 0 Å². The molecule has 0 amide bonds. The summed E-state index contributed by atoms with van der Waals surface area (Å²) in [6.07, 6.45) is -0.113. The zero-order chi connectivity index (χ0) is 11.4. The fraction of sp³-hybridized carbons (Fsp3) is 0.300. The predicted molar refractivity (Wildman–Crippen MR) is 59.9 cm³/mol. The lowest BCUT2D eigenvalue weighted by Gasteiger charge is -2.14. The topological polar surface area (TPSA) is 72.5 Å². The van der Waals surface area contributed by atoms with E-state index in [0.29, 0.717) is 11.3 Å². The summed E-state index contributed by atoms with van der Waals surface area (Å²) >= 11 is 3.30. The molecule has 4 nitrogen and oxygen atoms in total. The molecule has 1 rings (SSSR count). The Kier molecular flexibility index (Phi) is 4.11. The lowest BCUT2D eigenvalue weighted by atomic mass is 10.0. The summed E-state index contributed by atoms with van der Waals surface area (Å²) in [6, 6.07) is 4.78. The van der Waals surface area contributed by atoms with E-state index in [4.69, 9.17) is 15.6 Å². The number of aliphatic carboxylic acids is 1. The molecule has 3 N–H and O–H groups in total. The Balaban J connectivity index is 2.97. The van der Waals surface area contributed by atoms with Crippen LogP contribution in [0, 0.1) is 0 Å². The highest BCUT2D eigenvalue weighted by Crippen LogP contribution is 2.28. The van der Waals surface area contributed by atoms with Crippen LogP contribution in [0.2, 0.25) is 0 Å². The van der Waals surface area contributed by atoms with E-state index >= 15 is 0 Å². The van der Waals surface area contributed by atoms with E-state index in [0.717, 1.165) is 4.47 Å². The Morgan fingerprint density at radius 2 is 2.33 bits per heavy atom. The second-order valence-electron chi connectivity index (χ2n) is 3.09. The SMILES string of the molecule is COc1cc(Br)ccc1C(N)CC(=O)O. The molecule has 0 heterocycles. The molecule has 82 valence electrons. The van der Waals surface area contributed by atoms with Gasteiger partial charge in [0, 0.05) is 16.1 Å². The van der Waals surface area contributed by atoms with Crippen molar-refractivity contribution < 1.29 is 14.6 Å². The average Bonchev–Trinajstić information content (AvgIpc) is 2.16. The number of carboxylic acids is 1. The third-order valence-corrected chi connectivity index (χ3v) is 2.48. The van der Waals surface area contributed by atoms with Gasteiger partial charge in [0.1, 0.15) is 5.75 Å². The van der Waals surface area contributed by atoms with Gasteiger partial charge in [-0.05, 0) is 12.1 Å². The number of carboxylic acid groups (broad SMARTS) is 1. The third kappa shape index (κ3) is 3.21. The van der Waals surface area contributed by atoms with Crippen LogP contribution < -0.4 is 10.5 Å². The van der Waals surface area contributed by atoms with E-state index in [-0.39, 0.29) is 6.42 Å². The molecule has 1 atom stereocenters. The van der Waals surface area contributed by atoms with Crippen LogP contribution in [-0.2, 0) is 4.79 Å². The molecule has 0 fully saturated rings. The number of benzene rings is 1. The van der Waals surface area contributed by atoms with Gasteiger partial charge in [0.2, 0.25) is 0 Å². The van der Waals surface area contributed by atoms with E-state index in [1.807, 2.05) is 0 Å². The zero-order valence-electron chi connectivity index (χ0n) is 8.24. The van der Waals surface area contributed by atoms with Crippen molar-refractivity contribution in [2.45, 2.75) is 12.5 Å². The maximum Gasteiger partial charge on any atom is 0.305 e. The molecular formula is C10H12BrNO3. The molecule has 0 saturated carbocycles. The van der Waals surface area contributed by atoms with Crippen LogP contribution >= 0.6 is 15.9 Å². The van der Waals surface area contributed by atoms with Crippen LogP contribution in [0.3, 0.4) is 0 Å². The van der Waals surface area contributed by atoms with Gasteiger partial charge in [-0.2, -0.15) is 0 Å². The number of hydrogen-bond donors (Lipinski definition) is 2. The van der Waals surface area contributed by atoms with E-state index < -0.39 is 12.0 Å². The minimum atomic E-state index is -0.924. The Bertz CT molecular complexity index is 368. The fourth-order valence-electron chi connectivity index (χ4n) is 1.29. The normalized spacial score (nSPS) is 12.2. The van der Waals surface area contributed by atoms with Crippen LogP contribution in [-0.4, -0.2) is 18.2 Å². The molecule has 1 aromatic rings. The Morgan fingerprint density at radius 1 is 1.67 bits per heavy atom. The molecule has 0 aliphatic carbocycles. The lowest BCUT2D eigenvalue weighted by molar-refractivity contribution is -0.137. The smallest absolute Gasteiger partial charge is 0.305 e. The van der Waals surface area contributed by atoms with Crippen LogP contribution in [0.15, 0.2) is 22.7 Å². The van der Waals surface area contributed by atoms with E-state index in [1.54, 1.807) is 18.2 Å². The standard InChI is InChI=1S/C10H12BrNO3/c1-15-9-4-6(11)2-3-7(9)8(12)5-10(13)14/h2-4,8H,5,12H2,1H3,(H,13,14). The summed E-state index contributed by atoms with van der Waals surface area (Å²) in [4.78, 5) is 10.5. The van der Waals surface area contributed by atoms with Gasteiger partial charge in [-0.15, -0.1) is 0 Å². The van der Waals surface area contributed by atoms with Crippen LogP contribution in [0.4, 0.5) is 0 Å². The van der Waals surface area contributed by atoms with Crippen LogP contribution in [0.5, 0.6) is 5.75 Å². The number of carbonyl (C=O) groups is 1. The minimum Gasteiger partial charge on any atom is -0.496 e. The Hall–Kier alpha value is -1.07. The third-order valence-electron chi connectivity index (χ3n) is 1.99. The molecule has 5 heteroatoms. The number of halogens is 1. The van der Waals surface area contributed by atoms with Crippen molar-refractivity contribution in [2.75, 3.05) is 7.11 Å². The average molecular weight is 274 g/mol. The highest BCUT2D eigenvalue weighted by atomic mass is 79.9. The van der Waals surface area contributed by atoms with Gasteiger partial charge < -0.3 is 15.6 Å². The molecule has 1 unspecified atom stereocenters. The molecule has 0 spiro atoms. The zero-order valence-corrected chi connectivity index (χ0v) is 9.82. The van der Waals surface area contributed by atoms with Crippen molar-refractivity contribution in [3.8, 4) is 5.75 Å². The van der Waals surface area contributed by atoms with Gasteiger partial charge in [0.25, 0.3) is 0 Å². The molecule has 0 aromatic heterocycles. The minimum absolute atomic E-state index is 0.113. The van der Waals surface area contributed by atoms with Gasteiger partial charge >= 0.3 is 5.97 Å². The molecule has 1 aromatic carbocycles. The van der Waals surface area contributed by atoms with Gasteiger partial charge in [-0.25, -0.2) is 0 Å². The van der Waals surface area contributed by atoms with Gasteiger partial charge in [0.15, 0.2) is 0 Å². The first-order valence-corrected chi connectivity index (χ1v) is 5.14. The monoisotopic (exact) mass is 273 g/mol. The molecule has 15 heavy (non-hydrogen) atoms. The summed E-state index contributed by atoms with van der Waals surface area (Å²) in [5.41, 5.74) is 6.44. The van der Waals surface area contributed by atoms with E-state index in [2.05, 4.69) is 15.9 Å². The van der Waals surface area contributed by atoms with Crippen LogP contribution in [0.1, 0.15) is 18.0 Å². The predicted octanol–water partition coefficient (Wildman–Crippen LogP) is 1.93. The summed E-state index contributed by atoms with van der Waals surface area (Å²) in [6.45, 7) is 0. The van der Waals surface area contributed by atoms with Gasteiger partial charge in [-0.1, -0.05) is 22.0 Å². The first-order chi connectivity index (χ1) is 7.04. The van der Waals surface area contributed by atoms with Crippen molar-refractivity contribution in [2.24, 2.45) is 5.73 Å². The second kappa shape index (κ2) is 5.14. The highest BCUT2D eigenvalue weighted by Gasteiger charge is 2.15. The Morgan fingerprint density at radius 3 is 2.87 bits per heavy atom. The van der Waals surface area contributed by atoms with Crippen molar-refractivity contribution in [3.63, 3.8) is 0 Å². The number of methoxy groups -OCH3 is 1. The second-order valence-corrected chi connectivity index (χ2v) is 4.01. The van der Waals surface area contributed by atoms with Crippen molar-refractivity contribution in [1.29, 1.82) is 0 Å². The number of ether oxygens (including phenoxy) is 1. The molecule has 0 aliphatic heterocycles. The first kappa shape index (κ1) is 12.0. The summed E-state index contributed by atoms with van der Waals surface area (Å²) < 4.78 is 5.99. The quantitative estimate of drug-likeness (QED) is 0.880. The van der Waals surface area contributed by atoms with Crippen molar-refractivity contribution >= 4 is 21.9 Å². The largest absolute Gasteiger partial charge is 0.496 e. The Labute approximate surface area is 96.2 Å². The maximum absolute atomic E-state index is 10.5. The first-order valence-electron chi connectivity index (χ1n) is 4.35. The summed E-state index contributed by atoms with van der Waals surface area (Å²) in [5, 5.41) is 8.63. The van der Waals surface area contributed by atoms with E-state index in [9.17, 15) is 4.79 Å². The maximum atomic E-state index is 10.5. The number of rotatable bonds is 4. The molecule has 0 bridgehead atoms. The van der Waals surface area contributed by atoms with E-state index in [1.165, 1.54) is 7.11 Å². The van der Waals surface area contributed by atoms with Crippen molar-refractivity contribution in [3.05, 3.63) is 28.2 Å². The summed E-state index contributed by atoms with van der Waals surface area (Å²) in [7, 11) is 1.53. The van der Waals surface area contributed by atoms with Gasteiger partial charge in [-0.3, -0.25) is 4.79 Å². The summed E-state index contributed by atoms with van der Waals surface area (Å²) in [5.74, 6) is -0.328. The fourth-order valence-corrected chi connectivity index (χ4v) is 1.63. The molecule has 0 saturated heterocycles. The van der Waals surface area contributed by atoms with Gasteiger partial charge in [0.05, 0.1) is 13.5 Å². The number of hydrogen-bond acceptors (Lipinski definition) is 3. The highest BCUT2D eigenvalue weighted by molar-refractivity contribution is 9.10. The molecule has 0 aliphatic rings. The molecular weight excluding hydrogens is 262 g/mol. The van der Waals surface area contributed by atoms with Crippen LogP contribution in [0.25, 0.3) is 0 Å². The lowest BCUT2D eigenvalue weighted by Crippen LogP contribution is -2.15.